The molecule has 1 heterocycles. The van der Waals surface area contributed by atoms with Gasteiger partial charge in [-0.25, -0.2) is 4.79 Å². The third-order valence-corrected chi connectivity index (χ3v) is 1.81. The molecule has 0 aromatic rings. The van der Waals surface area contributed by atoms with E-state index in [4.69, 9.17) is 9.47 Å². The molecule has 0 amide bonds. The first-order chi connectivity index (χ1) is 5.43. The maximum absolute atomic E-state index is 11.0. The van der Waals surface area contributed by atoms with Gasteiger partial charge < -0.3 is 9.47 Å². The summed E-state index contributed by atoms with van der Waals surface area (Å²) < 4.78 is 10.1. The lowest BCUT2D eigenvalue weighted by molar-refractivity contribution is -0.282. The lowest BCUT2D eigenvalue weighted by Crippen LogP contribution is -2.50. The second-order valence-electron chi connectivity index (χ2n) is 3.82. The van der Waals surface area contributed by atoms with Gasteiger partial charge in [-0.2, -0.15) is 0 Å². The van der Waals surface area contributed by atoms with E-state index in [2.05, 4.69) is 6.58 Å². The highest BCUT2D eigenvalue weighted by molar-refractivity contribution is 5.87. The largest absolute Gasteiger partial charge is 0.432 e. The van der Waals surface area contributed by atoms with Gasteiger partial charge in [0, 0.05) is 5.57 Å². The van der Waals surface area contributed by atoms with Crippen LogP contribution < -0.4 is 0 Å². The van der Waals surface area contributed by atoms with Crippen LogP contribution in [0.4, 0.5) is 0 Å². The maximum Gasteiger partial charge on any atom is 0.335 e. The van der Waals surface area contributed by atoms with E-state index in [1.54, 1.807) is 6.92 Å². The number of carbonyl (C=O) groups excluding carboxylic acids is 1. The Labute approximate surface area is 72.4 Å². The monoisotopic (exact) mass is 170 g/mol. The molecule has 3 heteroatoms. The number of hydrogen-bond acceptors (Lipinski definition) is 3. The van der Waals surface area contributed by atoms with Gasteiger partial charge in [0.2, 0.25) is 6.29 Å². The molecule has 1 atom stereocenters. The van der Waals surface area contributed by atoms with Gasteiger partial charge in [-0.1, -0.05) is 20.4 Å². The van der Waals surface area contributed by atoms with Crippen molar-refractivity contribution in [3.05, 3.63) is 12.2 Å². The fourth-order valence-corrected chi connectivity index (χ4v) is 0.876. The van der Waals surface area contributed by atoms with E-state index in [9.17, 15) is 4.79 Å². The van der Waals surface area contributed by atoms with Crippen LogP contribution in [0.5, 0.6) is 0 Å². The number of rotatable bonds is 2. The van der Waals surface area contributed by atoms with Gasteiger partial charge in [-0.15, -0.1) is 0 Å². The van der Waals surface area contributed by atoms with Crippen LogP contribution in [-0.4, -0.2) is 18.9 Å². The standard InChI is InChI=1S/C9H14O3/c1-6(2)7(10)12-8-9(3,4)5-11-8/h8H,1,5H2,2-4H3. The molecule has 1 saturated heterocycles. The van der Waals surface area contributed by atoms with E-state index in [0.29, 0.717) is 12.2 Å². The van der Waals surface area contributed by atoms with Crippen LogP contribution >= 0.6 is 0 Å². The Bertz CT molecular complexity index is 218. The summed E-state index contributed by atoms with van der Waals surface area (Å²) in [5, 5.41) is 0. The second kappa shape index (κ2) is 2.90. The molecule has 0 aromatic heterocycles. The topological polar surface area (TPSA) is 35.5 Å². The van der Waals surface area contributed by atoms with Gasteiger partial charge in [0.1, 0.15) is 0 Å². The second-order valence-corrected chi connectivity index (χ2v) is 3.82. The summed E-state index contributed by atoms with van der Waals surface area (Å²) >= 11 is 0. The highest BCUT2D eigenvalue weighted by atomic mass is 16.7. The Morgan fingerprint density at radius 2 is 2.25 bits per heavy atom. The van der Waals surface area contributed by atoms with Crippen LogP contribution in [0.15, 0.2) is 12.2 Å². The zero-order valence-electron chi connectivity index (χ0n) is 7.72. The smallest absolute Gasteiger partial charge is 0.335 e. The third kappa shape index (κ3) is 1.67. The molecule has 0 aromatic carbocycles. The Morgan fingerprint density at radius 1 is 1.67 bits per heavy atom. The molecule has 1 unspecified atom stereocenters. The van der Waals surface area contributed by atoms with Gasteiger partial charge in [0.05, 0.1) is 12.0 Å². The van der Waals surface area contributed by atoms with Gasteiger partial charge in [0.15, 0.2) is 0 Å². The molecule has 12 heavy (non-hydrogen) atoms. The van der Waals surface area contributed by atoms with E-state index >= 15 is 0 Å². The first-order valence-electron chi connectivity index (χ1n) is 3.91. The SMILES string of the molecule is C=C(C)C(=O)OC1OCC1(C)C. The van der Waals surface area contributed by atoms with Crippen molar-refractivity contribution in [1.82, 2.24) is 0 Å². The molecule has 3 nitrogen and oxygen atoms in total. The molecular weight excluding hydrogens is 156 g/mol. The molecule has 1 fully saturated rings. The molecule has 0 bridgehead atoms. The predicted molar refractivity (Wildman–Crippen MR) is 44.4 cm³/mol. The van der Waals surface area contributed by atoms with Crippen molar-refractivity contribution in [1.29, 1.82) is 0 Å². The van der Waals surface area contributed by atoms with Crippen molar-refractivity contribution >= 4 is 5.97 Å². The molecule has 1 aliphatic heterocycles. The van der Waals surface area contributed by atoms with Gasteiger partial charge in [0.25, 0.3) is 0 Å². The van der Waals surface area contributed by atoms with Crippen LogP contribution in [0, 0.1) is 5.41 Å². The molecule has 0 aliphatic carbocycles. The summed E-state index contributed by atoms with van der Waals surface area (Å²) in [5.74, 6) is -0.382. The molecule has 68 valence electrons. The number of carbonyl (C=O) groups is 1. The summed E-state index contributed by atoms with van der Waals surface area (Å²) in [7, 11) is 0. The van der Waals surface area contributed by atoms with E-state index < -0.39 is 6.29 Å². The molecule has 1 aliphatic rings. The highest BCUT2D eigenvalue weighted by Crippen LogP contribution is 2.34. The zero-order valence-corrected chi connectivity index (χ0v) is 7.72. The van der Waals surface area contributed by atoms with Crippen molar-refractivity contribution in [2.75, 3.05) is 6.61 Å². The third-order valence-electron chi connectivity index (χ3n) is 1.81. The Morgan fingerprint density at radius 3 is 2.50 bits per heavy atom. The lowest BCUT2D eigenvalue weighted by Gasteiger charge is -2.42. The van der Waals surface area contributed by atoms with E-state index in [1.165, 1.54) is 0 Å². The van der Waals surface area contributed by atoms with Crippen molar-refractivity contribution in [2.24, 2.45) is 5.41 Å². The fourth-order valence-electron chi connectivity index (χ4n) is 0.876. The lowest BCUT2D eigenvalue weighted by atomic mass is 9.89. The first kappa shape index (κ1) is 9.26. The van der Waals surface area contributed by atoms with Crippen LogP contribution in [0.25, 0.3) is 0 Å². The van der Waals surface area contributed by atoms with Crippen molar-refractivity contribution in [3.63, 3.8) is 0 Å². The Balaban J connectivity index is 2.43. The van der Waals surface area contributed by atoms with Gasteiger partial charge in [-0.3, -0.25) is 0 Å². The van der Waals surface area contributed by atoms with Crippen LogP contribution in [-0.2, 0) is 14.3 Å². The minimum atomic E-state index is -0.401. The summed E-state index contributed by atoms with van der Waals surface area (Å²) in [6.45, 7) is 9.73. The minimum absolute atomic E-state index is 0.0505. The number of esters is 1. The van der Waals surface area contributed by atoms with Crippen molar-refractivity contribution in [3.8, 4) is 0 Å². The average molecular weight is 170 g/mol. The van der Waals surface area contributed by atoms with Crippen molar-refractivity contribution < 1.29 is 14.3 Å². The first-order valence-corrected chi connectivity index (χ1v) is 3.91. The number of ether oxygens (including phenoxy) is 2. The summed E-state index contributed by atoms with van der Waals surface area (Å²) in [5.41, 5.74) is 0.353. The molecular formula is C9H14O3. The molecule has 0 radical (unpaired) electrons. The minimum Gasteiger partial charge on any atom is -0.432 e. The van der Waals surface area contributed by atoms with Gasteiger partial charge in [-0.05, 0) is 6.92 Å². The summed E-state index contributed by atoms with van der Waals surface area (Å²) in [6, 6.07) is 0. The van der Waals surface area contributed by atoms with Crippen molar-refractivity contribution in [2.45, 2.75) is 27.1 Å². The van der Waals surface area contributed by atoms with Gasteiger partial charge >= 0.3 is 5.97 Å². The van der Waals surface area contributed by atoms with Crippen LogP contribution in [0.3, 0.4) is 0 Å². The van der Waals surface area contributed by atoms with E-state index in [1.807, 2.05) is 13.8 Å². The number of hydrogen-bond donors (Lipinski definition) is 0. The Hall–Kier alpha value is -0.830. The summed E-state index contributed by atoms with van der Waals surface area (Å²) in [6.07, 6.45) is -0.401. The van der Waals surface area contributed by atoms with E-state index in [-0.39, 0.29) is 11.4 Å². The average Bonchev–Trinajstić information content (AvgIpc) is 1.97. The maximum atomic E-state index is 11.0. The highest BCUT2D eigenvalue weighted by Gasteiger charge is 2.43. The fraction of sp³-hybridized carbons (Fsp3) is 0.667. The van der Waals surface area contributed by atoms with E-state index in [0.717, 1.165) is 0 Å². The summed E-state index contributed by atoms with van der Waals surface area (Å²) in [4.78, 5) is 11.0. The quantitative estimate of drug-likeness (QED) is 0.465. The molecule has 0 N–H and O–H groups in total. The zero-order chi connectivity index (χ0) is 9.35. The molecule has 0 spiro atoms. The molecule has 0 saturated carbocycles. The normalized spacial score (nSPS) is 25.8. The van der Waals surface area contributed by atoms with Crippen LogP contribution in [0.2, 0.25) is 0 Å². The predicted octanol–water partition coefficient (Wildman–Crippen LogP) is 1.49. The van der Waals surface area contributed by atoms with Crippen LogP contribution in [0.1, 0.15) is 20.8 Å². The Kier molecular flexibility index (Phi) is 2.24. The molecule has 1 rings (SSSR count).